The zero-order chi connectivity index (χ0) is 9.52. The van der Waals surface area contributed by atoms with E-state index < -0.39 is 0 Å². The van der Waals surface area contributed by atoms with E-state index in [0.29, 0.717) is 13.2 Å². The van der Waals surface area contributed by atoms with Crippen molar-refractivity contribution in [1.82, 2.24) is 5.32 Å². The molecule has 0 saturated heterocycles. The maximum atomic E-state index is 5.27. The Morgan fingerprint density at radius 3 is 3.23 bits per heavy atom. The lowest BCUT2D eigenvalue weighted by Gasteiger charge is -2.01. The lowest BCUT2D eigenvalue weighted by molar-refractivity contribution is 0.131. The van der Waals surface area contributed by atoms with Gasteiger partial charge in [0.1, 0.15) is 12.4 Å². The Morgan fingerprint density at radius 1 is 1.69 bits per heavy atom. The van der Waals surface area contributed by atoms with Gasteiger partial charge in [0.15, 0.2) is 0 Å². The van der Waals surface area contributed by atoms with Gasteiger partial charge in [-0.1, -0.05) is 6.08 Å². The minimum absolute atomic E-state index is 0.510. The Kier molecular flexibility index (Phi) is 4.29. The molecule has 3 heteroatoms. The molecular weight excluding hydrogens is 166 g/mol. The number of rotatable bonds is 6. The average molecular weight is 181 g/mol. The molecule has 1 N–H and O–H groups in total. The predicted molar refractivity (Wildman–Crippen MR) is 51.3 cm³/mol. The van der Waals surface area contributed by atoms with Crippen LogP contribution in [0.15, 0.2) is 29.4 Å². The van der Waals surface area contributed by atoms with E-state index in [0.717, 1.165) is 17.9 Å². The minimum atomic E-state index is 0.510. The molecule has 0 aromatic carbocycles. The molecule has 0 amide bonds. The Bertz CT molecular complexity index is 255. The van der Waals surface area contributed by atoms with Crippen molar-refractivity contribution in [2.75, 3.05) is 13.7 Å². The highest BCUT2D eigenvalue weighted by molar-refractivity contribution is 5.15. The van der Waals surface area contributed by atoms with Gasteiger partial charge in [-0.25, -0.2) is 0 Å². The molecule has 1 aromatic heterocycles. The van der Waals surface area contributed by atoms with Crippen molar-refractivity contribution in [3.63, 3.8) is 0 Å². The standard InChI is InChI=1S/C10H15NO2/c1-3-5-12-8-10-9(7-11-2)4-6-13-10/h3-4,6,11H,1,5,7-8H2,2H3. The van der Waals surface area contributed by atoms with Gasteiger partial charge in [-0.2, -0.15) is 0 Å². The molecule has 0 aliphatic heterocycles. The van der Waals surface area contributed by atoms with Crippen LogP contribution in [0.4, 0.5) is 0 Å². The summed E-state index contributed by atoms with van der Waals surface area (Å²) < 4.78 is 10.5. The SMILES string of the molecule is C=CCOCc1occc1CNC. The summed E-state index contributed by atoms with van der Waals surface area (Å²) in [6.07, 6.45) is 3.40. The highest BCUT2D eigenvalue weighted by Gasteiger charge is 2.04. The Morgan fingerprint density at radius 2 is 2.54 bits per heavy atom. The van der Waals surface area contributed by atoms with E-state index >= 15 is 0 Å². The molecular formula is C10H15NO2. The lowest BCUT2D eigenvalue weighted by atomic mass is 10.2. The lowest BCUT2D eigenvalue weighted by Crippen LogP contribution is -2.06. The molecule has 0 atom stereocenters. The summed E-state index contributed by atoms with van der Waals surface area (Å²) >= 11 is 0. The fourth-order valence-corrected chi connectivity index (χ4v) is 1.08. The van der Waals surface area contributed by atoms with Crippen LogP contribution in [0.25, 0.3) is 0 Å². The fourth-order valence-electron chi connectivity index (χ4n) is 1.08. The molecule has 1 heterocycles. The van der Waals surface area contributed by atoms with Gasteiger partial charge in [-0.3, -0.25) is 0 Å². The van der Waals surface area contributed by atoms with Crippen LogP contribution in [0, 0.1) is 0 Å². The fraction of sp³-hybridized carbons (Fsp3) is 0.400. The molecule has 3 nitrogen and oxygen atoms in total. The molecule has 13 heavy (non-hydrogen) atoms. The topological polar surface area (TPSA) is 34.4 Å². The summed E-state index contributed by atoms with van der Waals surface area (Å²) in [6, 6.07) is 1.95. The number of nitrogens with one attached hydrogen (secondary N) is 1. The van der Waals surface area contributed by atoms with Gasteiger partial charge in [0.05, 0.1) is 12.9 Å². The normalized spacial score (nSPS) is 10.2. The first-order valence-corrected chi connectivity index (χ1v) is 4.27. The molecule has 0 unspecified atom stereocenters. The summed E-state index contributed by atoms with van der Waals surface area (Å²) in [5.41, 5.74) is 1.14. The van der Waals surface area contributed by atoms with Crippen LogP contribution < -0.4 is 5.32 Å². The molecule has 0 fully saturated rings. The van der Waals surface area contributed by atoms with Gasteiger partial charge < -0.3 is 14.5 Å². The summed E-state index contributed by atoms with van der Waals surface area (Å²) in [7, 11) is 1.90. The van der Waals surface area contributed by atoms with Gasteiger partial charge in [-0.15, -0.1) is 6.58 Å². The second-order valence-electron chi connectivity index (χ2n) is 2.70. The van der Waals surface area contributed by atoms with E-state index in [4.69, 9.17) is 9.15 Å². The van der Waals surface area contributed by atoms with Gasteiger partial charge in [-0.05, 0) is 13.1 Å². The molecule has 0 spiro atoms. The van der Waals surface area contributed by atoms with E-state index in [9.17, 15) is 0 Å². The summed E-state index contributed by atoms with van der Waals surface area (Å²) in [6.45, 7) is 5.44. The zero-order valence-electron chi connectivity index (χ0n) is 7.88. The van der Waals surface area contributed by atoms with Crippen LogP contribution in [-0.4, -0.2) is 13.7 Å². The molecule has 0 saturated carbocycles. The third-order valence-electron chi connectivity index (χ3n) is 1.67. The van der Waals surface area contributed by atoms with E-state index in [1.165, 1.54) is 0 Å². The maximum Gasteiger partial charge on any atom is 0.133 e. The Hall–Kier alpha value is -1.06. The van der Waals surface area contributed by atoms with Crippen molar-refractivity contribution in [2.45, 2.75) is 13.2 Å². The number of hydrogen-bond donors (Lipinski definition) is 1. The third kappa shape index (κ3) is 3.05. The van der Waals surface area contributed by atoms with Crippen molar-refractivity contribution >= 4 is 0 Å². The Balaban J connectivity index is 2.44. The zero-order valence-corrected chi connectivity index (χ0v) is 7.88. The first kappa shape index (κ1) is 10.0. The van der Waals surface area contributed by atoms with Crippen LogP contribution >= 0.6 is 0 Å². The second kappa shape index (κ2) is 5.56. The smallest absolute Gasteiger partial charge is 0.133 e. The molecule has 0 aliphatic carbocycles. The van der Waals surface area contributed by atoms with Crippen molar-refractivity contribution in [1.29, 1.82) is 0 Å². The number of hydrogen-bond acceptors (Lipinski definition) is 3. The number of furan rings is 1. The van der Waals surface area contributed by atoms with E-state index in [1.54, 1.807) is 12.3 Å². The molecule has 0 aliphatic rings. The molecule has 1 aromatic rings. The van der Waals surface area contributed by atoms with Crippen LogP contribution in [0.5, 0.6) is 0 Å². The predicted octanol–water partition coefficient (Wildman–Crippen LogP) is 1.70. The summed E-state index contributed by atoms with van der Waals surface area (Å²) in [4.78, 5) is 0. The summed E-state index contributed by atoms with van der Waals surface area (Å²) in [5.74, 6) is 0.885. The van der Waals surface area contributed by atoms with Crippen LogP contribution in [0.1, 0.15) is 11.3 Å². The van der Waals surface area contributed by atoms with Crippen molar-refractivity contribution in [3.05, 3.63) is 36.3 Å². The molecule has 1 rings (SSSR count). The number of ether oxygens (including phenoxy) is 1. The molecule has 0 radical (unpaired) electrons. The first-order valence-electron chi connectivity index (χ1n) is 4.27. The van der Waals surface area contributed by atoms with Crippen molar-refractivity contribution in [2.24, 2.45) is 0 Å². The quantitative estimate of drug-likeness (QED) is 0.536. The van der Waals surface area contributed by atoms with Gasteiger partial charge in [0.2, 0.25) is 0 Å². The van der Waals surface area contributed by atoms with E-state index in [1.807, 2.05) is 13.1 Å². The maximum absolute atomic E-state index is 5.27. The summed E-state index contributed by atoms with van der Waals surface area (Å²) in [5, 5.41) is 3.07. The highest BCUT2D eigenvalue weighted by Crippen LogP contribution is 2.11. The van der Waals surface area contributed by atoms with Gasteiger partial charge in [0.25, 0.3) is 0 Å². The third-order valence-corrected chi connectivity index (χ3v) is 1.67. The first-order chi connectivity index (χ1) is 6.38. The van der Waals surface area contributed by atoms with Crippen LogP contribution in [0.3, 0.4) is 0 Å². The largest absolute Gasteiger partial charge is 0.467 e. The van der Waals surface area contributed by atoms with Crippen LogP contribution in [0.2, 0.25) is 0 Å². The monoisotopic (exact) mass is 181 g/mol. The van der Waals surface area contributed by atoms with E-state index in [-0.39, 0.29) is 0 Å². The Labute approximate surface area is 78.4 Å². The second-order valence-corrected chi connectivity index (χ2v) is 2.70. The van der Waals surface area contributed by atoms with Crippen molar-refractivity contribution < 1.29 is 9.15 Å². The van der Waals surface area contributed by atoms with Crippen molar-refractivity contribution in [3.8, 4) is 0 Å². The van der Waals surface area contributed by atoms with Gasteiger partial charge >= 0.3 is 0 Å². The highest BCUT2D eigenvalue weighted by atomic mass is 16.5. The minimum Gasteiger partial charge on any atom is -0.467 e. The molecule has 0 bridgehead atoms. The average Bonchev–Trinajstić information content (AvgIpc) is 2.54. The van der Waals surface area contributed by atoms with Gasteiger partial charge in [0, 0.05) is 12.1 Å². The molecule has 72 valence electrons. The van der Waals surface area contributed by atoms with E-state index in [2.05, 4.69) is 11.9 Å². The van der Waals surface area contributed by atoms with Crippen LogP contribution in [-0.2, 0) is 17.9 Å².